The summed E-state index contributed by atoms with van der Waals surface area (Å²) in [5, 5.41) is 0. The van der Waals surface area contributed by atoms with Crippen molar-refractivity contribution in [3.63, 3.8) is 0 Å². The number of ketones is 1. The lowest BCUT2D eigenvalue weighted by Gasteiger charge is -2.07. The van der Waals surface area contributed by atoms with Crippen molar-refractivity contribution >= 4 is 5.78 Å². The van der Waals surface area contributed by atoms with Crippen LogP contribution in [0.15, 0.2) is 78.0 Å². The number of H-pyrrole nitrogens is 1. The van der Waals surface area contributed by atoms with Crippen LogP contribution in [0.4, 0.5) is 0 Å². The number of aromatic amines is 1. The number of aromatic nitrogens is 4. The lowest BCUT2D eigenvalue weighted by Crippen LogP contribution is -2.18. The Labute approximate surface area is 179 Å². The van der Waals surface area contributed by atoms with Gasteiger partial charge in [-0.25, -0.2) is 4.98 Å². The van der Waals surface area contributed by atoms with E-state index < -0.39 is 0 Å². The molecule has 0 saturated heterocycles. The van der Waals surface area contributed by atoms with Gasteiger partial charge in [0.15, 0.2) is 5.78 Å². The Hall–Kier alpha value is -4.00. The van der Waals surface area contributed by atoms with E-state index in [9.17, 15) is 9.59 Å². The maximum Gasteiger partial charge on any atom is 0.261 e. The third-order valence-corrected chi connectivity index (χ3v) is 4.87. The highest BCUT2D eigenvalue weighted by Gasteiger charge is 2.16. The first-order chi connectivity index (χ1) is 15.1. The van der Waals surface area contributed by atoms with E-state index >= 15 is 0 Å². The second kappa shape index (κ2) is 9.21. The van der Waals surface area contributed by atoms with Crippen LogP contribution in [0.3, 0.4) is 0 Å². The standard InChI is InChI=1S/C24H22N4O3/c1-17-23(21(29)10-9-18-8-5-12-25-15-18)27-24(26-17)28-13-11-20(14-22(28)30)31-16-19-6-3-2-4-7-19/h2-8,11-15H,9-10,16H2,1H3,(H,26,27). The number of aryl methyl sites for hydroxylation is 2. The number of carbonyl (C=O) groups excluding carboxylic acids is 1. The molecule has 1 N–H and O–H groups in total. The molecule has 0 bridgehead atoms. The van der Waals surface area contributed by atoms with Crippen molar-refractivity contribution in [2.24, 2.45) is 0 Å². The molecule has 0 amide bonds. The Morgan fingerprint density at radius 1 is 1.10 bits per heavy atom. The first-order valence-corrected chi connectivity index (χ1v) is 9.98. The van der Waals surface area contributed by atoms with Gasteiger partial charge in [-0.1, -0.05) is 36.4 Å². The SMILES string of the molecule is Cc1[nH]c(-n2ccc(OCc3ccccc3)cc2=O)nc1C(=O)CCc1cccnc1. The molecule has 3 aromatic heterocycles. The summed E-state index contributed by atoms with van der Waals surface area (Å²) in [6.07, 6.45) is 5.94. The number of hydrogen-bond donors (Lipinski definition) is 1. The number of carbonyl (C=O) groups is 1. The Bertz CT molecular complexity index is 1230. The summed E-state index contributed by atoms with van der Waals surface area (Å²) in [7, 11) is 0. The Kier molecular flexibility index (Phi) is 6.03. The molecular weight excluding hydrogens is 392 g/mol. The lowest BCUT2D eigenvalue weighted by atomic mass is 10.1. The Morgan fingerprint density at radius 2 is 1.90 bits per heavy atom. The predicted molar refractivity (Wildman–Crippen MR) is 117 cm³/mol. The normalized spacial score (nSPS) is 10.7. The highest BCUT2D eigenvalue weighted by Crippen LogP contribution is 2.14. The van der Waals surface area contributed by atoms with Gasteiger partial charge >= 0.3 is 0 Å². The van der Waals surface area contributed by atoms with Crippen molar-refractivity contribution in [3.8, 4) is 11.7 Å². The van der Waals surface area contributed by atoms with Gasteiger partial charge in [0.2, 0.25) is 5.95 Å². The van der Waals surface area contributed by atoms with Crippen LogP contribution in [0.5, 0.6) is 5.75 Å². The summed E-state index contributed by atoms with van der Waals surface area (Å²) < 4.78 is 7.06. The van der Waals surface area contributed by atoms with E-state index in [2.05, 4.69) is 15.0 Å². The van der Waals surface area contributed by atoms with E-state index in [1.807, 2.05) is 42.5 Å². The number of nitrogens with zero attached hydrogens (tertiary/aromatic N) is 3. The number of imidazole rings is 1. The molecule has 0 radical (unpaired) electrons. The molecule has 7 heteroatoms. The van der Waals surface area contributed by atoms with E-state index in [0.29, 0.717) is 42.5 Å². The molecule has 156 valence electrons. The van der Waals surface area contributed by atoms with Gasteiger partial charge in [0.25, 0.3) is 5.56 Å². The topological polar surface area (TPSA) is 89.9 Å². The van der Waals surface area contributed by atoms with Crippen molar-refractivity contribution in [2.45, 2.75) is 26.4 Å². The van der Waals surface area contributed by atoms with Crippen molar-refractivity contribution in [3.05, 3.63) is 106 Å². The van der Waals surface area contributed by atoms with Gasteiger partial charge in [-0.2, -0.15) is 0 Å². The number of Topliss-reactive ketones (excluding diaryl/α,β-unsaturated/α-hetero) is 1. The van der Waals surface area contributed by atoms with Crippen molar-refractivity contribution in [1.82, 2.24) is 19.5 Å². The third kappa shape index (κ3) is 4.95. The van der Waals surface area contributed by atoms with Crippen LogP contribution in [-0.2, 0) is 13.0 Å². The fourth-order valence-electron chi connectivity index (χ4n) is 3.22. The predicted octanol–water partition coefficient (Wildman–Crippen LogP) is 3.66. The minimum atomic E-state index is -0.298. The van der Waals surface area contributed by atoms with Crippen molar-refractivity contribution in [2.75, 3.05) is 0 Å². The zero-order valence-corrected chi connectivity index (χ0v) is 17.1. The van der Waals surface area contributed by atoms with E-state index in [4.69, 9.17) is 4.74 Å². The van der Waals surface area contributed by atoms with Gasteiger partial charge in [-0.3, -0.25) is 19.1 Å². The minimum absolute atomic E-state index is 0.0836. The fourth-order valence-corrected chi connectivity index (χ4v) is 3.22. The second-order valence-electron chi connectivity index (χ2n) is 7.16. The Morgan fingerprint density at radius 3 is 2.65 bits per heavy atom. The van der Waals surface area contributed by atoms with E-state index in [1.54, 1.807) is 31.6 Å². The maximum absolute atomic E-state index is 12.6. The highest BCUT2D eigenvalue weighted by atomic mass is 16.5. The van der Waals surface area contributed by atoms with E-state index in [1.165, 1.54) is 10.6 Å². The van der Waals surface area contributed by atoms with Crippen LogP contribution in [0.1, 0.15) is 33.7 Å². The quantitative estimate of drug-likeness (QED) is 0.445. The molecule has 4 rings (SSSR count). The van der Waals surface area contributed by atoms with Crippen molar-refractivity contribution in [1.29, 1.82) is 0 Å². The molecule has 7 nitrogen and oxygen atoms in total. The van der Waals surface area contributed by atoms with Crippen LogP contribution < -0.4 is 10.3 Å². The van der Waals surface area contributed by atoms with Crippen LogP contribution >= 0.6 is 0 Å². The first-order valence-electron chi connectivity index (χ1n) is 9.98. The summed E-state index contributed by atoms with van der Waals surface area (Å²) in [6, 6.07) is 16.6. The number of benzene rings is 1. The molecule has 0 aliphatic heterocycles. The average molecular weight is 414 g/mol. The molecule has 0 fully saturated rings. The summed E-state index contributed by atoms with van der Waals surface area (Å²) in [5.74, 6) is 0.697. The summed E-state index contributed by atoms with van der Waals surface area (Å²) >= 11 is 0. The first kappa shape index (κ1) is 20.3. The number of hydrogen-bond acceptors (Lipinski definition) is 5. The molecule has 0 aliphatic rings. The van der Waals surface area contributed by atoms with Gasteiger partial charge in [-0.05, 0) is 36.6 Å². The van der Waals surface area contributed by atoms with E-state index in [0.717, 1.165) is 11.1 Å². The maximum atomic E-state index is 12.6. The molecular formula is C24H22N4O3. The average Bonchev–Trinajstić information content (AvgIpc) is 3.19. The molecule has 0 spiro atoms. The van der Waals surface area contributed by atoms with Crippen LogP contribution in [0.2, 0.25) is 0 Å². The number of rotatable bonds is 8. The second-order valence-corrected chi connectivity index (χ2v) is 7.16. The zero-order valence-electron chi connectivity index (χ0n) is 17.1. The van der Waals surface area contributed by atoms with Gasteiger partial charge in [0, 0.05) is 36.8 Å². The van der Waals surface area contributed by atoms with Gasteiger partial charge in [0.1, 0.15) is 18.1 Å². The van der Waals surface area contributed by atoms with Gasteiger partial charge in [0.05, 0.1) is 0 Å². The smallest absolute Gasteiger partial charge is 0.261 e. The molecule has 4 aromatic rings. The fraction of sp³-hybridized carbons (Fsp3) is 0.167. The van der Waals surface area contributed by atoms with Gasteiger partial charge < -0.3 is 9.72 Å². The zero-order chi connectivity index (χ0) is 21.6. The van der Waals surface area contributed by atoms with Crippen molar-refractivity contribution < 1.29 is 9.53 Å². The molecule has 0 saturated carbocycles. The summed E-state index contributed by atoms with van der Waals surface area (Å²) in [4.78, 5) is 36.7. The van der Waals surface area contributed by atoms with Crippen LogP contribution in [-0.4, -0.2) is 25.3 Å². The number of nitrogens with one attached hydrogen (secondary N) is 1. The molecule has 3 heterocycles. The number of ether oxygens (including phenoxy) is 1. The van der Waals surface area contributed by atoms with Crippen LogP contribution in [0, 0.1) is 6.92 Å². The van der Waals surface area contributed by atoms with Crippen LogP contribution in [0.25, 0.3) is 5.95 Å². The molecule has 0 unspecified atom stereocenters. The van der Waals surface area contributed by atoms with E-state index in [-0.39, 0.29) is 11.3 Å². The Balaban J connectivity index is 1.46. The van der Waals surface area contributed by atoms with Gasteiger partial charge in [-0.15, -0.1) is 0 Å². The lowest BCUT2D eigenvalue weighted by molar-refractivity contribution is 0.0978. The molecule has 0 atom stereocenters. The summed E-state index contributed by atoms with van der Waals surface area (Å²) in [6.45, 7) is 2.15. The third-order valence-electron chi connectivity index (χ3n) is 4.87. The summed E-state index contributed by atoms with van der Waals surface area (Å²) in [5.41, 5.74) is 2.68. The minimum Gasteiger partial charge on any atom is -0.489 e. The molecule has 31 heavy (non-hydrogen) atoms. The largest absolute Gasteiger partial charge is 0.489 e. The molecule has 1 aromatic carbocycles. The monoisotopic (exact) mass is 414 g/mol. The highest BCUT2D eigenvalue weighted by molar-refractivity contribution is 5.95. The molecule has 0 aliphatic carbocycles. The number of pyridine rings is 2.